The molecule has 0 radical (unpaired) electrons. The number of carboxylic acid groups (broad SMARTS) is 2. The number of carboxylic acids is 2. The van der Waals surface area contributed by atoms with E-state index in [1.54, 1.807) is 0 Å². The lowest BCUT2D eigenvalue weighted by Gasteiger charge is -2.32. The van der Waals surface area contributed by atoms with Crippen LogP contribution in [0.2, 0.25) is 0 Å². The van der Waals surface area contributed by atoms with E-state index < -0.39 is 11.9 Å². The minimum atomic E-state index is -1.26. The Hall–Kier alpha value is -3.15. The van der Waals surface area contributed by atoms with E-state index >= 15 is 0 Å². The number of rotatable bonds is 8. The molecule has 1 amide bonds. The smallest absolute Gasteiger partial charge is 0.328 e. The Balaban J connectivity index is 0.000000331. The second-order valence-electron chi connectivity index (χ2n) is 9.37. The predicted octanol–water partition coefficient (Wildman–Crippen LogP) is 2.88. The first-order valence-electron chi connectivity index (χ1n) is 12.1. The van der Waals surface area contributed by atoms with Crippen LogP contribution in [0.4, 0.5) is 5.13 Å². The highest BCUT2D eigenvalue weighted by atomic mass is 32.1. The zero-order valence-electron chi connectivity index (χ0n) is 20.1. The lowest BCUT2D eigenvalue weighted by molar-refractivity contribution is -0.134. The molecule has 2 heterocycles. The number of aryl methyl sites for hydroxylation is 1. The van der Waals surface area contributed by atoms with Crippen LogP contribution in [0.1, 0.15) is 59.0 Å². The van der Waals surface area contributed by atoms with Crippen LogP contribution >= 0.6 is 11.3 Å². The van der Waals surface area contributed by atoms with Gasteiger partial charge < -0.3 is 20.4 Å². The minimum Gasteiger partial charge on any atom is -0.478 e. The summed E-state index contributed by atoms with van der Waals surface area (Å²) in [5.74, 6) is -2.10. The van der Waals surface area contributed by atoms with E-state index in [-0.39, 0.29) is 5.91 Å². The molecule has 2 aliphatic carbocycles. The van der Waals surface area contributed by atoms with Gasteiger partial charge in [0.15, 0.2) is 0 Å². The van der Waals surface area contributed by atoms with Gasteiger partial charge in [-0.15, -0.1) is 10.2 Å². The second-order valence-corrected chi connectivity index (χ2v) is 10.6. The number of benzene rings is 1. The van der Waals surface area contributed by atoms with Crippen molar-refractivity contribution in [2.75, 3.05) is 18.4 Å². The zero-order chi connectivity index (χ0) is 25.7. The van der Waals surface area contributed by atoms with Gasteiger partial charge in [0.25, 0.3) is 5.91 Å². The normalized spacial score (nSPS) is 22.0. The molecule has 1 aromatic heterocycles. The number of nitrogens with zero attached hydrogens (tertiary/aromatic N) is 3. The Labute approximate surface area is 213 Å². The lowest BCUT2D eigenvalue weighted by Crippen LogP contribution is -2.44. The molecule has 4 N–H and O–H groups in total. The fourth-order valence-electron chi connectivity index (χ4n) is 4.49. The molecule has 2 saturated carbocycles. The average Bonchev–Trinajstić information content (AvgIpc) is 3.78. The molecule has 192 valence electrons. The van der Waals surface area contributed by atoms with Crippen molar-refractivity contribution >= 4 is 34.3 Å². The van der Waals surface area contributed by atoms with Gasteiger partial charge in [0.2, 0.25) is 5.13 Å². The van der Waals surface area contributed by atoms with E-state index in [1.807, 2.05) is 25.1 Å². The van der Waals surface area contributed by atoms with Gasteiger partial charge in [-0.05, 0) is 69.8 Å². The van der Waals surface area contributed by atoms with Crippen LogP contribution in [-0.4, -0.2) is 74.4 Å². The Morgan fingerprint density at radius 3 is 2.33 bits per heavy atom. The van der Waals surface area contributed by atoms with Gasteiger partial charge in [-0.3, -0.25) is 10.1 Å². The Kier molecular flexibility index (Phi) is 8.44. The lowest BCUT2D eigenvalue weighted by atomic mass is 10.0. The highest BCUT2D eigenvalue weighted by molar-refractivity contribution is 7.15. The van der Waals surface area contributed by atoms with Gasteiger partial charge in [-0.1, -0.05) is 23.5 Å². The molecule has 0 bridgehead atoms. The summed E-state index contributed by atoms with van der Waals surface area (Å²) in [4.78, 5) is 34.3. The molecule has 2 atom stereocenters. The summed E-state index contributed by atoms with van der Waals surface area (Å²) in [7, 11) is 0. The number of piperidine rings is 1. The first kappa shape index (κ1) is 25.9. The topological polar surface area (TPSA) is 145 Å². The highest BCUT2D eigenvalue weighted by Gasteiger charge is 2.40. The van der Waals surface area contributed by atoms with E-state index in [9.17, 15) is 14.4 Å². The Morgan fingerprint density at radius 1 is 1.06 bits per heavy atom. The van der Waals surface area contributed by atoms with Gasteiger partial charge in [0.1, 0.15) is 5.01 Å². The minimum absolute atomic E-state index is 0.115. The summed E-state index contributed by atoms with van der Waals surface area (Å²) in [5, 5.41) is 31.7. The highest BCUT2D eigenvalue weighted by Crippen LogP contribution is 2.42. The fourth-order valence-corrected chi connectivity index (χ4v) is 5.08. The van der Waals surface area contributed by atoms with E-state index in [1.165, 1.54) is 62.1 Å². The maximum Gasteiger partial charge on any atom is 0.328 e. The average molecular weight is 514 g/mol. The number of aliphatic carboxylic acids is 2. The van der Waals surface area contributed by atoms with Crippen LogP contribution in [0.3, 0.4) is 0 Å². The van der Waals surface area contributed by atoms with Crippen LogP contribution in [0, 0.1) is 6.92 Å². The molecule has 11 heteroatoms. The van der Waals surface area contributed by atoms with Crippen LogP contribution < -0.4 is 10.6 Å². The Morgan fingerprint density at radius 2 is 1.75 bits per heavy atom. The number of carbonyl (C=O) groups excluding carboxylic acids is 1. The van der Waals surface area contributed by atoms with Crippen LogP contribution in [-0.2, 0) is 9.59 Å². The summed E-state index contributed by atoms with van der Waals surface area (Å²) >= 11 is 1.39. The fraction of sp³-hybridized carbons (Fsp3) is 0.480. The number of likely N-dealkylation sites (tertiary alicyclic amines) is 1. The maximum atomic E-state index is 12.5. The molecule has 0 unspecified atom stereocenters. The van der Waals surface area contributed by atoms with Crippen LogP contribution in [0.15, 0.2) is 36.4 Å². The van der Waals surface area contributed by atoms with Crippen molar-refractivity contribution in [1.29, 1.82) is 0 Å². The largest absolute Gasteiger partial charge is 0.478 e. The van der Waals surface area contributed by atoms with Gasteiger partial charge in [-0.2, -0.15) is 0 Å². The summed E-state index contributed by atoms with van der Waals surface area (Å²) in [5.41, 5.74) is 1.95. The summed E-state index contributed by atoms with van der Waals surface area (Å²) < 4.78 is 0. The summed E-state index contributed by atoms with van der Waals surface area (Å²) in [6.07, 6.45) is 7.64. The molecule has 5 rings (SSSR count). The van der Waals surface area contributed by atoms with Crippen molar-refractivity contribution in [3.05, 3.63) is 52.6 Å². The van der Waals surface area contributed by atoms with Crippen molar-refractivity contribution < 1.29 is 24.6 Å². The molecule has 3 fully saturated rings. The van der Waals surface area contributed by atoms with Crippen molar-refractivity contribution in [3.8, 4) is 0 Å². The summed E-state index contributed by atoms with van der Waals surface area (Å²) in [6, 6.07) is 10.1. The molecule has 1 aliphatic heterocycles. The number of hydrogen-bond donors (Lipinski definition) is 4. The third-order valence-corrected chi connectivity index (χ3v) is 7.28. The van der Waals surface area contributed by atoms with E-state index in [0.29, 0.717) is 40.8 Å². The van der Waals surface area contributed by atoms with Crippen molar-refractivity contribution in [3.63, 3.8) is 0 Å². The first-order chi connectivity index (χ1) is 17.3. The number of nitrogens with one attached hydrogen (secondary N) is 2. The second kappa shape index (κ2) is 11.7. The van der Waals surface area contributed by atoms with Crippen molar-refractivity contribution in [2.45, 2.75) is 63.1 Å². The third kappa shape index (κ3) is 7.67. The molecule has 36 heavy (non-hydrogen) atoms. The third-order valence-electron chi connectivity index (χ3n) is 6.52. The van der Waals surface area contributed by atoms with Crippen molar-refractivity contribution in [2.24, 2.45) is 0 Å². The molecule has 1 saturated heterocycles. The number of amides is 1. The molecule has 0 spiro atoms. The monoisotopic (exact) mass is 513 g/mol. The number of aromatic nitrogens is 2. The number of hydrogen-bond acceptors (Lipinski definition) is 8. The van der Waals surface area contributed by atoms with Gasteiger partial charge >= 0.3 is 11.9 Å². The Bertz CT molecular complexity index is 1110. The molecule has 2 aromatic rings. The van der Waals surface area contributed by atoms with E-state index in [0.717, 1.165) is 11.0 Å². The van der Waals surface area contributed by atoms with Gasteiger partial charge in [0, 0.05) is 41.8 Å². The maximum absolute atomic E-state index is 12.5. The molecule has 10 nitrogen and oxygen atoms in total. The van der Waals surface area contributed by atoms with Crippen LogP contribution in [0.5, 0.6) is 0 Å². The number of anilines is 1. The van der Waals surface area contributed by atoms with E-state index in [4.69, 9.17) is 10.2 Å². The van der Waals surface area contributed by atoms with E-state index in [2.05, 4.69) is 31.8 Å². The summed E-state index contributed by atoms with van der Waals surface area (Å²) in [6.45, 7) is 4.38. The van der Waals surface area contributed by atoms with Gasteiger partial charge in [-0.25, -0.2) is 9.59 Å². The zero-order valence-corrected chi connectivity index (χ0v) is 20.9. The molecular formula is C25H31N5O5S. The standard InChI is InChI=1S/C21H27N5OS.C4H4O4/c1-13-24-25-21(28-13)23-20(27)15-4-2-3-14(11-15)18-12-19(18)22-16-7-9-26(10-8-16)17-5-6-17;5-3(6)1-2-4(7)8/h2-4,11,16-19,22H,5-10,12H2,1H3,(H,23,25,27);1-2H,(H,5,6)(H,7,8)/b;2-1+/t18-,19+;/m0./s1. The van der Waals surface area contributed by atoms with Crippen LogP contribution in [0.25, 0.3) is 0 Å². The molecule has 3 aliphatic rings. The van der Waals surface area contributed by atoms with Gasteiger partial charge in [0.05, 0.1) is 0 Å². The SMILES string of the molecule is Cc1nnc(NC(=O)c2cccc([C@@H]3C[C@H]3NC3CCN(C4CC4)CC3)c2)s1.O=C(O)/C=C/C(=O)O. The predicted molar refractivity (Wildman–Crippen MR) is 135 cm³/mol. The molecular weight excluding hydrogens is 482 g/mol. The number of carbonyl (C=O) groups is 3. The molecule has 1 aromatic carbocycles. The quantitative estimate of drug-likeness (QED) is 0.392. The van der Waals surface area contributed by atoms with Crippen molar-refractivity contribution in [1.82, 2.24) is 20.4 Å². The first-order valence-corrected chi connectivity index (χ1v) is 13.0.